The van der Waals surface area contributed by atoms with Gasteiger partial charge >= 0.3 is 0 Å². The zero-order valence-corrected chi connectivity index (χ0v) is 40.6. The summed E-state index contributed by atoms with van der Waals surface area (Å²) >= 11 is 0. The molecule has 0 aromatic carbocycles. The number of aliphatic hydroxyl groups excluding tert-OH is 11. The van der Waals surface area contributed by atoms with Gasteiger partial charge in [-0.3, -0.25) is 0 Å². The monoisotopic (exact) mass is 963 g/mol. The molecular weight excluding hydrogens is 881 g/mol. The first-order chi connectivity index (χ1) is 31.1. The van der Waals surface area contributed by atoms with Crippen molar-refractivity contribution in [2.45, 2.75) is 241 Å². The van der Waals surface area contributed by atoms with E-state index in [0.717, 1.165) is 25.7 Å². The highest BCUT2D eigenvalue weighted by Crippen LogP contribution is 2.76. The zero-order valence-electron chi connectivity index (χ0n) is 40.6. The summed E-state index contributed by atoms with van der Waals surface area (Å²) in [4.78, 5) is 0. The molecule has 8 aliphatic rings. The molecule has 19 nitrogen and oxygen atoms in total. The van der Waals surface area contributed by atoms with Crippen LogP contribution in [0.3, 0.4) is 0 Å². The van der Waals surface area contributed by atoms with Crippen molar-refractivity contribution >= 4 is 0 Å². The molecule has 0 bridgehead atoms. The molecule has 4 saturated carbocycles. The van der Waals surface area contributed by atoms with E-state index in [-0.39, 0.29) is 41.1 Å². The smallest absolute Gasteiger partial charge is 0.187 e. The van der Waals surface area contributed by atoms with E-state index in [1.807, 2.05) is 13.8 Å². The highest BCUT2D eigenvalue weighted by atomic mass is 16.8. The standard InChI is InChI=1S/C48H82O19/c1-20-30(53)33(56)35(58)40(61-20)65-37-32(55)25(18-49)63-42(38(37)66-41-36(59)34(57)31(54)21(2)62-41)64-28-12-13-44(5)26(45(28,6)19-50)11-15-46(7)27(44)16-23(51)29-22(10-14-47(29,46)8)48(9)17-24(52)39(67-48)43(3,4)60/h20-42,49-60H,10-19H2,1-9H3/t20-,21-,22-,23+,24-,25+,26+,27+,28-,29-,30-,31-,32+,33+,34+,35+,36-,37-,38+,39-,40-,41?,42-,44-,45-,46+,47+,48-/m0/s1. The zero-order chi connectivity index (χ0) is 49.3. The Kier molecular flexibility index (Phi) is 14.4. The van der Waals surface area contributed by atoms with E-state index in [1.165, 1.54) is 13.8 Å². The van der Waals surface area contributed by atoms with Gasteiger partial charge in [0.05, 0.1) is 54.9 Å². The summed E-state index contributed by atoms with van der Waals surface area (Å²) in [6.45, 7) is 16.1. The number of hydrogen-bond donors (Lipinski definition) is 12. The lowest BCUT2D eigenvalue weighted by atomic mass is 9.35. The molecule has 67 heavy (non-hydrogen) atoms. The Morgan fingerprint density at radius 1 is 0.597 bits per heavy atom. The minimum Gasteiger partial charge on any atom is -0.396 e. The van der Waals surface area contributed by atoms with Gasteiger partial charge in [0.15, 0.2) is 18.9 Å². The predicted molar refractivity (Wildman–Crippen MR) is 233 cm³/mol. The van der Waals surface area contributed by atoms with Crippen molar-refractivity contribution in [1.29, 1.82) is 0 Å². The summed E-state index contributed by atoms with van der Waals surface area (Å²) in [5.74, 6) is -0.265. The van der Waals surface area contributed by atoms with Crippen LogP contribution in [0.2, 0.25) is 0 Å². The summed E-state index contributed by atoms with van der Waals surface area (Å²) in [5.41, 5.74) is -3.85. The van der Waals surface area contributed by atoms with Gasteiger partial charge in [-0.25, -0.2) is 0 Å². The van der Waals surface area contributed by atoms with Crippen LogP contribution in [0.4, 0.5) is 0 Å². The summed E-state index contributed by atoms with van der Waals surface area (Å²) < 4.78 is 43.9. The van der Waals surface area contributed by atoms with Crippen LogP contribution in [-0.2, 0) is 33.2 Å². The van der Waals surface area contributed by atoms with Crippen LogP contribution in [0.5, 0.6) is 0 Å². The fraction of sp³-hybridized carbons (Fsp3) is 1.00. The third-order valence-corrected chi connectivity index (χ3v) is 19.6. The molecule has 8 fully saturated rings. The number of aliphatic hydroxyl groups is 12. The van der Waals surface area contributed by atoms with E-state index < -0.39 is 145 Å². The number of hydrogen-bond acceptors (Lipinski definition) is 19. The normalized spacial score (nSPS) is 58.3. The molecule has 4 saturated heterocycles. The SMILES string of the molecule is C[C@@H]1O[C@@H](O[C@H]2[C@H](O)[C@@H](CO)O[C@@H](O[C@H]3CC[C@@]4(C)[C@@H](CC[C@]5(C)[C@@H]4C[C@@H](O)[C@@H]4[C@@H]([C@]6(C)C[C@H](O)[C@@H](C(C)(C)O)O6)CC[C@]45C)[C@]3(C)CO)[C@@H]2OC2O[C@@H](C)[C@H](O)[C@@H](O)[C@@H]2O)[C@H](O)[C@H](O)[C@H]1O. The van der Waals surface area contributed by atoms with Crippen molar-refractivity contribution in [2.24, 2.45) is 45.3 Å². The van der Waals surface area contributed by atoms with Crippen molar-refractivity contribution in [3.05, 3.63) is 0 Å². The molecule has 8 rings (SSSR count). The molecule has 0 radical (unpaired) electrons. The lowest BCUT2D eigenvalue weighted by Gasteiger charge is -2.71. The van der Waals surface area contributed by atoms with E-state index in [9.17, 15) is 61.3 Å². The van der Waals surface area contributed by atoms with E-state index in [2.05, 4.69) is 20.8 Å². The second-order valence-electron chi connectivity index (χ2n) is 23.8. The first kappa shape index (κ1) is 52.6. The number of rotatable bonds is 10. The van der Waals surface area contributed by atoms with Crippen LogP contribution >= 0.6 is 0 Å². The third kappa shape index (κ3) is 8.31. The van der Waals surface area contributed by atoms with Crippen LogP contribution in [0.1, 0.15) is 114 Å². The Morgan fingerprint density at radius 2 is 1.16 bits per heavy atom. The summed E-state index contributed by atoms with van der Waals surface area (Å²) in [6.07, 6.45) is -21.0. The minimum absolute atomic E-state index is 0.0354. The molecule has 4 aliphatic carbocycles. The van der Waals surface area contributed by atoms with Gasteiger partial charge in [-0.05, 0) is 119 Å². The third-order valence-electron chi connectivity index (χ3n) is 19.6. The molecule has 0 aromatic heterocycles. The molecule has 0 aromatic rings. The second-order valence-corrected chi connectivity index (χ2v) is 23.8. The first-order valence-electron chi connectivity index (χ1n) is 24.8. The fourth-order valence-corrected chi connectivity index (χ4v) is 15.6. The highest BCUT2D eigenvalue weighted by molar-refractivity contribution is 5.21. The van der Waals surface area contributed by atoms with E-state index >= 15 is 0 Å². The lowest BCUT2D eigenvalue weighted by molar-refractivity contribution is -0.398. The van der Waals surface area contributed by atoms with Crippen LogP contribution in [-0.4, -0.2) is 202 Å². The largest absolute Gasteiger partial charge is 0.396 e. The van der Waals surface area contributed by atoms with Crippen LogP contribution in [0, 0.1) is 45.3 Å². The molecule has 0 spiro atoms. The van der Waals surface area contributed by atoms with Crippen LogP contribution in [0.15, 0.2) is 0 Å². The first-order valence-corrected chi connectivity index (χ1v) is 24.8. The topological polar surface area (TPSA) is 307 Å². The van der Waals surface area contributed by atoms with Gasteiger partial charge in [-0.15, -0.1) is 0 Å². The molecule has 19 heteroatoms. The summed E-state index contributed by atoms with van der Waals surface area (Å²) in [7, 11) is 0. The lowest BCUT2D eigenvalue weighted by Crippen LogP contribution is -2.69. The van der Waals surface area contributed by atoms with Gasteiger partial charge in [0.25, 0.3) is 0 Å². The van der Waals surface area contributed by atoms with Crippen molar-refractivity contribution in [2.75, 3.05) is 13.2 Å². The minimum atomic E-state index is -1.81. The Morgan fingerprint density at radius 3 is 1.70 bits per heavy atom. The average molecular weight is 963 g/mol. The average Bonchev–Trinajstić information content (AvgIpc) is 3.82. The Hall–Kier alpha value is -0.760. The summed E-state index contributed by atoms with van der Waals surface area (Å²) in [6, 6.07) is 0. The predicted octanol–water partition coefficient (Wildman–Crippen LogP) is -0.817. The fourth-order valence-electron chi connectivity index (χ4n) is 15.6. The van der Waals surface area contributed by atoms with E-state index in [0.29, 0.717) is 25.7 Å². The maximum Gasteiger partial charge on any atom is 0.187 e. The second kappa shape index (κ2) is 18.3. The molecule has 12 N–H and O–H groups in total. The van der Waals surface area contributed by atoms with Gasteiger partial charge in [0.1, 0.15) is 67.1 Å². The van der Waals surface area contributed by atoms with Crippen molar-refractivity contribution in [1.82, 2.24) is 0 Å². The van der Waals surface area contributed by atoms with Gasteiger partial charge in [-0.2, -0.15) is 0 Å². The van der Waals surface area contributed by atoms with Crippen LogP contribution < -0.4 is 0 Å². The Balaban J connectivity index is 1.08. The quantitative estimate of drug-likeness (QED) is 0.119. The molecule has 4 aliphatic heterocycles. The van der Waals surface area contributed by atoms with Crippen molar-refractivity contribution in [3.63, 3.8) is 0 Å². The molecule has 1 unspecified atom stereocenters. The molecule has 0 amide bonds. The highest BCUT2D eigenvalue weighted by Gasteiger charge is 2.73. The number of ether oxygens (including phenoxy) is 7. The number of fused-ring (bicyclic) bond motifs is 5. The maximum atomic E-state index is 12.5. The Labute approximate surface area is 393 Å². The van der Waals surface area contributed by atoms with Gasteiger partial charge in [0, 0.05) is 11.8 Å². The molecule has 4 heterocycles. The van der Waals surface area contributed by atoms with Gasteiger partial charge in [0.2, 0.25) is 0 Å². The van der Waals surface area contributed by atoms with Crippen LogP contribution in [0.25, 0.3) is 0 Å². The van der Waals surface area contributed by atoms with Crippen molar-refractivity contribution < 1.29 is 94.4 Å². The van der Waals surface area contributed by atoms with E-state index in [4.69, 9.17) is 33.2 Å². The maximum absolute atomic E-state index is 12.5. The van der Waals surface area contributed by atoms with Gasteiger partial charge in [-0.1, -0.05) is 27.7 Å². The van der Waals surface area contributed by atoms with Gasteiger partial charge < -0.3 is 94.4 Å². The molecule has 388 valence electrons. The summed E-state index contributed by atoms with van der Waals surface area (Å²) in [5, 5.41) is 133. The molecule has 28 atom stereocenters. The Bertz CT molecular complexity index is 1740. The van der Waals surface area contributed by atoms with Crippen molar-refractivity contribution in [3.8, 4) is 0 Å². The molecular formula is C48H82O19. The van der Waals surface area contributed by atoms with E-state index in [1.54, 1.807) is 13.8 Å².